The first-order valence-electron chi connectivity index (χ1n) is 6.74. The van der Waals surface area contributed by atoms with E-state index in [4.69, 9.17) is 9.84 Å². The Hall–Kier alpha value is -2.74. The van der Waals surface area contributed by atoms with Crippen LogP contribution in [0.15, 0.2) is 36.9 Å². The number of amides is 1. The lowest BCUT2D eigenvalue weighted by molar-refractivity contribution is -0.154. The predicted molar refractivity (Wildman–Crippen MR) is 74.6 cm³/mol. The summed E-state index contributed by atoms with van der Waals surface area (Å²) in [5.41, 5.74) is 1.34. The van der Waals surface area contributed by atoms with Crippen molar-refractivity contribution in [2.45, 2.75) is 6.10 Å². The van der Waals surface area contributed by atoms with Crippen molar-refractivity contribution < 1.29 is 19.4 Å². The van der Waals surface area contributed by atoms with Crippen LogP contribution in [0.25, 0.3) is 5.69 Å². The van der Waals surface area contributed by atoms with E-state index in [-0.39, 0.29) is 19.1 Å². The van der Waals surface area contributed by atoms with Gasteiger partial charge in [-0.3, -0.25) is 9.36 Å². The molecule has 8 heteroatoms. The number of carbonyl (C=O) groups excluding carboxylic acids is 1. The number of rotatable bonds is 3. The summed E-state index contributed by atoms with van der Waals surface area (Å²) in [6, 6.07) is 6.96. The van der Waals surface area contributed by atoms with E-state index in [9.17, 15) is 9.59 Å². The molecule has 8 nitrogen and oxygen atoms in total. The molecule has 0 radical (unpaired) electrons. The predicted octanol–water partition coefficient (Wildman–Crippen LogP) is 0.193. The molecule has 1 aromatic heterocycles. The van der Waals surface area contributed by atoms with E-state index < -0.39 is 12.1 Å². The Labute approximate surface area is 125 Å². The van der Waals surface area contributed by atoms with Crippen molar-refractivity contribution in [3.63, 3.8) is 0 Å². The van der Waals surface area contributed by atoms with E-state index in [2.05, 4.69) is 10.2 Å². The number of carboxylic acids is 1. The second-order valence-electron chi connectivity index (χ2n) is 4.86. The first-order valence-corrected chi connectivity index (χ1v) is 6.74. The molecule has 1 saturated heterocycles. The molecule has 1 amide bonds. The first kappa shape index (κ1) is 14.2. The van der Waals surface area contributed by atoms with Crippen LogP contribution in [0, 0.1) is 0 Å². The molecule has 0 saturated carbocycles. The number of aromatic nitrogens is 3. The third-order valence-electron chi connectivity index (χ3n) is 3.46. The monoisotopic (exact) mass is 302 g/mol. The van der Waals surface area contributed by atoms with Crippen LogP contribution in [0.1, 0.15) is 10.4 Å². The molecule has 2 heterocycles. The highest BCUT2D eigenvalue weighted by atomic mass is 16.5. The zero-order valence-electron chi connectivity index (χ0n) is 11.6. The number of hydrogen-bond donors (Lipinski definition) is 1. The molecule has 1 aromatic carbocycles. The van der Waals surface area contributed by atoms with Gasteiger partial charge >= 0.3 is 5.97 Å². The molecular formula is C14H14N4O4. The van der Waals surface area contributed by atoms with Gasteiger partial charge in [-0.1, -0.05) is 0 Å². The molecule has 3 rings (SSSR count). The minimum atomic E-state index is -1.06. The van der Waals surface area contributed by atoms with Crippen molar-refractivity contribution in [2.24, 2.45) is 0 Å². The SMILES string of the molecule is O=C(O)C1CN(C(=O)c2ccc(-n3cnnc3)cc2)CCO1. The average molecular weight is 302 g/mol. The molecule has 0 aliphatic carbocycles. The van der Waals surface area contributed by atoms with Gasteiger partial charge in [-0.15, -0.1) is 10.2 Å². The van der Waals surface area contributed by atoms with Crippen LogP contribution < -0.4 is 0 Å². The third-order valence-corrected chi connectivity index (χ3v) is 3.46. The summed E-state index contributed by atoms with van der Waals surface area (Å²) in [5.74, 6) is -1.26. The summed E-state index contributed by atoms with van der Waals surface area (Å²) in [5, 5.41) is 16.4. The molecule has 1 aliphatic rings. The van der Waals surface area contributed by atoms with E-state index >= 15 is 0 Å². The molecule has 0 spiro atoms. The Morgan fingerprint density at radius 2 is 1.86 bits per heavy atom. The number of ether oxygens (including phenoxy) is 1. The summed E-state index contributed by atoms with van der Waals surface area (Å²) in [7, 11) is 0. The van der Waals surface area contributed by atoms with Crippen LogP contribution in [0.4, 0.5) is 0 Å². The van der Waals surface area contributed by atoms with Crippen LogP contribution >= 0.6 is 0 Å². The number of carbonyl (C=O) groups is 2. The molecular weight excluding hydrogens is 288 g/mol. The highest BCUT2D eigenvalue weighted by Gasteiger charge is 2.29. The average Bonchev–Trinajstić information content (AvgIpc) is 3.09. The highest BCUT2D eigenvalue weighted by Crippen LogP contribution is 2.13. The van der Waals surface area contributed by atoms with E-state index in [0.29, 0.717) is 12.1 Å². The van der Waals surface area contributed by atoms with Gasteiger partial charge in [0, 0.05) is 17.8 Å². The fourth-order valence-electron chi connectivity index (χ4n) is 2.28. The number of carboxylic acid groups (broad SMARTS) is 1. The largest absolute Gasteiger partial charge is 0.479 e. The van der Waals surface area contributed by atoms with E-state index in [1.165, 1.54) is 4.90 Å². The zero-order valence-corrected chi connectivity index (χ0v) is 11.6. The second kappa shape index (κ2) is 5.94. The van der Waals surface area contributed by atoms with Crippen LogP contribution in [-0.4, -0.2) is 62.4 Å². The maximum Gasteiger partial charge on any atom is 0.334 e. The Kier molecular flexibility index (Phi) is 3.84. The molecule has 2 aromatic rings. The maximum absolute atomic E-state index is 12.4. The number of morpholine rings is 1. The zero-order chi connectivity index (χ0) is 15.5. The molecule has 1 aliphatic heterocycles. The fourth-order valence-corrected chi connectivity index (χ4v) is 2.28. The summed E-state index contributed by atoms with van der Waals surface area (Å²) < 4.78 is 6.84. The lowest BCUT2D eigenvalue weighted by Crippen LogP contribution is -2.48. The van der Waals surface area contributed by atoms with E-state index in [0.717, 1.165) is 5.69 Å². The molecule has 1 fully saturated rings. The standard InChI is InChI=1S/C14H14N4O4/c19-13(17-5-6-22-12(7-17)14(20)21)10-1-3-11(4-2-10)18-8-15-16-9-18/h1-4,8-9,12H,5-7H2,(H,20,21). The van der Waals surface area contributed by atoms with Gasteiger partial charge in [0.25, 0.3) is 5.91 Å². The quantitative estimate of drug-likeness (QED) is 0.869. The molecule has 0 bridgehead atoms. The fraction of sp³-hybridized carbons (Fsp3) is 0.286. The number of benzene rings is 1. The van der Waals surface area contributed by atoms with Crippen molar-refractivity contribution in [1.82, 2.24) is 19.7 Å². The van der Waals surface area contributed by atoms with Gasteiger partial charge in [0.05, 0.1) is 13.2 Å². The third kappa shape index (κ3) is 2.82. The summed E-state index contributed by atoms with van der Waals surface area (Å²) in [4.78, 5) is 24.9. The molecule has 114 valence electrons. The van der Waals surface area contributed by atoms with Gasteiger partial charge in [-0.2, -0.15) is 0 Å². The Morgan fingerprint density at radius 1 is 1.18 bits per heavy atom. The van der Waals surface area contributed by atoms with Gasteiger partial charge in [0.2, 0.25) is 0 Å². The Morgan fingerprint density at radius 3 is 2.50 bits per heavy atom. The minimum absolute atomic E-state index is 0.0569. The number of hydrogen-bond acceptors (Lipinski definition) is 5. The number of nitrogens with zero attached hydrogens (tertiary/aromatic N) is 4. The lowest BCUT2D eigenvalue weighted by Gasteiger charge is -2.30. The van der Waals surface area contributed by atoms with E-state index in [1.807, 2.05) is 0 Å². The first-order chi connectivity index (χ1) is 10.6. The van der Waals surface area contributed by atoms with Crippen LogP contribution in [0.2, 0.25) is 0 Å². The minimum Gasteiger partial charge on any atom is -0.479 e. The molecule has 1 N–H and O–H groups in total. The van der Waals surface area contributed by atoms with Crippen molar-refractivity contribution in [2.75, 3.05) is 19.7 Å². The van der Waals surface area contributed by atoms with Gasteiger partial charge in [-0.05, 0) is 24.3 Å². The maximum atomic E-state index is 12.4. The summed E-state index contributed by atoms with van der Waals surface area (Å²) >= 11 is 0. The van der Waals surface area contributed by atoms with Gasteiger partial charge in [0.1, 0.15) is 12.7 Å². The lowest BCUT2D eigenvalue weighted by atomic mass is 10.1. The van der Waals surface area contributed by atoms with Gasteiger partial charge in [-0.25, -0.2) is 4.79 Å². The smallest absolute Gasteiger partial charge is 0.334 e. The summed E-state index contributed by atoms with van der Waals surface area (Å²) in [6.45, 7) is 0.665. The molecule has 1 atom stereocenters. The van der Waals surface area contributed by atoms with Crippen molar-refractivity contribution in [3.05, 3.63) is 42.5 Å². The van der Waals surface area contributed by atoms with Gasteiger partial charge < -0.3 is 14.7 Å². The Balaban J connectivity index is 1.73. The van der Waals surface area contributed by atoms with Crippen LogP contribution in [0.3, 0.4) is 0 Å². The topological polar surface area (TPSA) is 97.6 Å². The van der Waals surface area contributed by atoms with Crippen LogP contribution in [0.5, 0.6) is 0 Å². The van der Waals surface area contributed by atoms with Crippen molar-refractivity contribution >= 4 is 11.9 Å². The Bertz CT molecular complexity index is 669. The molecule has 1 unspecified atom stereocenters. The van der Waals surface area contributed by atoms with Crippen molar-refractivity contribution in [3.8, 4) is 5.69 Å². The highest BCUT2D eigenvalue weighted by molar-refractivity contribution is 5.94. The second-order valence-corrected chi connectivity index (χ2v) is 4.86. The van der Waals surface area contributed by atoms with Gasteiger partial charge in [0.15, 0.2) is 6.10 Å². The summed E-state index contributed by atoms with van der Waals surface area (Å²) in [6.07, 6.45) is 2.17. The van der Waals surface area contributed by atoms with Crippen LogP contribution in [-0.2, 0) is 9.53 Å². The van der Waals surface area contributed by atoms with Crippen molar-refractivity contribution in [1.29, 1.82) is 0 Å². The number of aliphatic carboxylic acids is 1. The normalized spacial score (nSPS) is 18.2. The van der Waals surface area contributed by atoms with E-state index in [1.54, 1.807) is 41.5 Å². The molecule has 22 heavy (non-hydrogen) atoms.